The number of nitrogens with zero attached hydrogens (tertiary/aromatic N) is 3. The fourth-order valence-corrected chi connectivity index (χ4v) is 4.62. The molecule has 0 saturated carbocycles. The Hall–Kier alpha value is -3.58. The van der Waals surface area contributed by atoms with Crippen LogP contribution in [0.2, 0.25) is 0 Å². The van der Waals surface area contributed by atoms with E-state index in [-0.39, 0.29) is 18.4 Å². The third kappa shape index (κ3) is 7.09. The van der Waals surface area contributed by atoms with Crippen molar-refractivity contribution in [2.75, 3.05) is 51.9 Å². The summed E-state index contributed by atoms with van der Waals surface area (Å²) in [6.45, 7) is 3.10. The Labute approximate surface area is 225 Å². The topological polar surface area (TPSA) is 121 Å². The molecule has 12 heteroatoms. The van der Waals surface area contributed by atoms with E-state index in [1.807, 2.05) is 18.2 Å². The number of methoxy groups -OCH3 is 1. The number of anilines is 1. The number of ether oxygens (including phenoxy) is 2. The standard InChI is InChI=1S/C27H33F2N5O5/c1-17-25(34(21-6-4-3-5-7-21)32-26(17)39-16-22(36)15-35)31-27(37)30-24-14-33(8-9-38-2)13-23(24)18-10-19(28)12-20(29)11-18/h3-7,10-12,22-24,35-36H,8-9,13-16H2,1-2H3,(H2,30,31,37)/t22?,23-,24+/m0/s1. The van der Waals surface area contributed by atoms with Crippen LogP contribution >= 0.6 is 0 Å². The Morgan fingerprint density at radius 3 is 2.56 bits per heavy atom. The molecule has 1 fully saturated rings. The third-order valence-electron chi connectivity index (χ3n) is 6.57. The van der Waals surface area contributed by atoms with Gasteiger partial charge in [0.1, 0.15) is 30.2 Å². The molecule has 4 rings (SSSR count). The Bertz CT molecular complexity index is 1240. The molecule has 4 N–H and O–H groups in total. The van der Waals surface area contributed by atoms with Crippen LogP contribution in [0.5, 0.6) is 5.88 Å². The molecule has 1 aliphatic rings. The molecule has 1 aromatic heterocycles. The van der Waals surface area contributed by atoms with Crippen molar-refractivity contribution in [3.05, 3.63) is 71.3 Å². The first-order chi connectivity index (χ1) is 18.8. The number of hydrogen-bond donors (Lipinski definition) is 4. The Morgan fingerprint density at radius 1 is 1.18 bits per heavy atom. The summed E-state index contributed by atoms with van der Waals surface area (Å²) in [5, 5.41) is 29.1. The number of benzene rings is 2. The van der Waals surface area contributed by atoms with Gasteiger partial charge in [-0.25, -0.2) is 18.3 Å². The van der Waals surface area contributed by atoms with Crippen molar-refractivity contribution in [2.24, 2.45) is 0 Å². The van der Waals surface area contributed by atoms with Gasteiger partial charge in [0, 0.05) is 38.7 Å². The predicted molar refractivity (Wildman–Crippen MR) is 140 cm³/mol. The molecule has 3 aromatic rings. The fourth-order valence-electron chi connectivity index (χ4n) is 4.62. The number of rotatable bonds is 11. The Kier molecular flexibility index (Phi) is 9.46. The minimum atomic E-state index is -1.08. The molecule has 1 aliphatic heterocycles. The number of para-hydroxylation sites is 1. The number of aliphatic hydroxyl groups excluding tert-OH is 2. The van der Waals surface area contributed by atoms with Crippen molar-refractivity contribution >= 4 is 11.8 Å². The van der Waals surface area contributed by atoms with E-state index in [4.69, 9.17) is 14.6 Å². The second-order valence-electron chi connectivity index (χ2n) is 9.44. The Morgan fingerprint density at radius 2 is 1.90 bits per heavy atom. The zero-order valence-corrected chi connectivity index (χ0v) is 21.8. The van der Waals surface area contributed by atoms with Crippen LogP contribution in [-0.4, -0.2) is 89.6 Å². The summed E-state index contributed by atoms with van der Waals surface area (Å²) in [5.41, 5.74) is 1.63. The molecule has 2 aromatic carbocycles. The highest BCUT2D eigenvalue weighted by Crippen LogP contribution is 2.31. The van der Waals surface area contributed by atoms with Crippen LogP contribution in [0.15, 0.2) is 48.5 Å². The monoisotopic (exact) mass is 545 g/mol. The number of carbonyl (C=O) groups excluding carboxylic acids is 1. The number of aromatic nitrogens is 2. The first-order valence-electron chi connectivity index (χ1n) is 12.6. The maximum Gasteiger partial charge on any atom is 0.320 e. The summed E-state index contributed by atoms with van der Waals surface area (Å²) in [7, 11) is 1.60. The van der Waals surface area contributed by atoms with Gasteiger partial charge in [-0.3, -0.25) is 10.2 Å². The molecule has 39 heavy (non-hydrogen) atoms. The molecule has 0 spiro atoms. The van der Waals surface area contributed by atoms with Gasteiger partial charge < -0.3 is 25.0 Å². The third-order valence-corrected chi connectivity index (χ3v) is 6.57. The second kappa shape index (κ2) is 13.0. The number of likely N-dealkylation sites (tertiary alicyclic amines) is 1. The number of nitrogens with one attached hydrogen (secondary N) is 2. The predicted octanol–water partition coefficient (Wildman–Crippen LogP) is 2.43. The van der Waals surface area contributed by atoms with E-state index >= 15 is 0 Å². The highest BCUT2D eigenvalue weighted by atomic mass is 19.1. The minimum Gasteiger partial charge on any atom is -0.474 e. The van der Waals surface area contributed by atoms with Crippen molar-refractivity contribution in [1.82, 2.24) is 20.0 Å². The van der Waals surface area contributed by atoms with Crippen LogP contribution in [0.1, 0.15) is 17.0 Å². The summed E-state index contributed by atoms with van der Waals surface area (Å²) in [6, 6.07) is 11.5. The Balaban J connectivity index is 1.57. The summed E-state index contributed by atoms with van der Waals surface area (Å²) in [5.74, 6) is -1.18. The number of carbonyl (C=O) groups is 1. The first kappa shape index (κ1) is 28.4. The molecular weight excluding hydrogens is 512 g/mol. The van der Waals surface area contributed by atoms with Crippen molar-refractivity contribution < 1.29 is 33.3 Å². The van der Waals surface area contributed by atoms with Crippen molar-refractivity contribution in [1.29, 1.82) is 0 Å². The van der Waals surface area contributed by atoms with E-state index in [1.54, 1.807) is 26.2 Å². The molecule has 0 aliphatic carbocycles. The van der Waals surface area contributed by atoms with Crippen molar-refractivity contribution in [2.45, 2.75) is 25.0 Å². The van der Waals surface area contributed by atoms with E-state index in [0.29, 0.717) is 48.9 Å². The highest BCUT2D eigenvalue weighted by Gasteiger charge is 2.35. The largest absolute Gasteiger partial charge is 0.474 e. The van der Waals surface area contributed by atoms with Crippen LogP contribution in [0.3, 0.4) is 0 Å². The van der Waals surface area contributed by atoms with Gasteiger partial charge in [-0.2, -0.15) is 0 Å². The van der Waals surface area contributed by atoms with E-state index < -0.39 is 36.4 Å². The van der Waals surface area contributed by atoms with E-state index in [1.165, 1.54) is 16.8 Å². The zero-order chi connectivity index (χ0) is 27.9. The zero-order valence-electron chi connectivity index (χ0n) is 21.8. The van der Waals surface area contributed by atoms with Crippen LogP contribution in [0, 0.1) is 18.6 Å². The van der Waals surface area contributed by atoms with Gasteiger partial charge in [-0.05, 0) is 36.8 Å². The number of aliphatic hydroxyl groups is 2. The average Bonchev–Trinajstić information content (AvgIpc) is 3.46. The quantitative estimate of drug-likeness (QED) is 0.292. The molecule has 0 bridgehead atoms. The molecule has 2 heterocycles. The van der Waals surface area contributed by atoms with Crippen molar-refractivity contribution in [3.8, 4) is 11.6 Å². The SMILES string of the molecule is COCCN1C[C@@H](NC(=O)Nc2c(C)c(OCC(O)CO)nn2-c2ccccc2)[C@H](c2cc(F)cc(F)c2)C1. The number of urea groups is 1. The summed E-state index contributed by atoms with van der Waals surface area (Å²) in [6.07, 6.45) is -1.08. The molecule has 1 unspecified atom stereocenters. The van der Waals surface area contributed by atoms with Gasteiger partial charge in [-0.15, -0.1) is 5.10 Å². The average molecular weight is 546 g/mol. The maximum absolute atomic E-state index is 14.0. The molecule has 10 nitrogen and oxygen atoms in total. The molecule has 210 valence electrons. The summed E-state index contributed by atoms with van der Waals surface area (Å²) < 4.78 is 40.3. The van der Waals surface area contributed by atoms with Crippen molar-refractivity contribution in [3.63, 3.8) is 0 Å². The van der Waals surface area contributed by atoms with Crippen LogP contribution in [-0.2, 0) is 4.74 Å². The molecule has 3 atom stereocenters. The molecular formula is C27H33F2N5O5. The smallest absolute Gasteiger partial charge is 0.320 e. The van der Waals surface area contributed by atoms with E-state index in [2.05, 4.69) is 20.6 Å². The summed E-state index contributed by atoms with van der Waals surface area (Å²) in [4.78, 5) is 15.4. The van der Waals surface area contributed by atoms with E-state index in [0.717, 1.165) is 6.07 Å². The lowest BCUT2D eigenvalue weighted by molar-refractivity contribution is 0.0518. The normalized spacial score (nSPS) is 18.2. The van der Waals surface area contributed by atoms with Crippen LogP contribution < -0.4 is 15.4 Å². The number of hydrogen-bond acceptors (Lipinski definition) is 7. The molecule has 2 amide bonds. The summed E-state index contributed by atoms with van der Waals surface area (Å²) >= 11 is 0. The molecule has 0 radical (unpaired) electrons. The molecule has 1 saturated heterocycles. The first-order valence-corrected chi connectivity index (χ1v) is 12.6. The number of halogens is 2. The van der Waals surface area contributed by atoms with Gasteiger partial charge in [0.25, 0.3) is 0 Å². The lowest BCUT2D eigenvalue weighted by Gasteiger charge is -2.21. The minimum absolute atomic E-state index is 0.181. The lowest BCUT2D eigenvalue weighted by Crippen LogP contribution is -2.42. The van der Waals surface area contributed by atoms with Gasteiger partial charge in [0.05, 0.1) is 30.5 Å². The van der Waals surface area contributed by atoms with Crippen LogP contribution in [0.25, 0.3) is 5.69 Å². The maximum atomic E-state index is 14.0. The number of amides is 2. The van der Waals surface area contributed by atoms with E-state index in [9.17, 15) is 18.7 Å². The van der Waals surface area contributed by atoms with Crippen LogP contribution in [0.4, 0.5) is 19.4 Å². The van der Waals surface area contributed by atoms with Gasteiger partial charge in [-0.1, -0.05) is 18.2 Å². The lowest BCUT2D eigenvalue weighted by atomic mass is 9.94. The van der Waals surface area contributed by atoms with Gasteiger partial charge in [0.2, 0.25) is 5.88 Å². The fraction of sp³-hybridized carbons (Fsp3) is 0.407. The van der Waals surface area contributed by atoms with Gasteiger partial charge >= 0.3 is 6.03 Å². The second-order valence-corrected chi connectivity index (χ2v) is 9.44. The van der Waals surface area contributed by atoms with Gasteiger partial charge in [0.15, 0.2) is 0 Å². The highest BCUT2D eigenvalue weighted by molar-refractivity contribution is 5.90.